The summed E-state index contributed by atoms with van der Waals surface area (Å²) in [6, 6.07) is 10.3. The third kappa shape index (κ3) is 0.688. The van der Waals surface area contributed by atoms with Crippen LogP contribution >= 0.6 is 0 Å². The van der Waals surface area contributed by atoms with Crippen molar-refractivity contribution in [2.75, 3.05) is 5.32 Å². The topological polar surface area (TPSA) is 21.3 Å². The van der Waals surface area contributed by atoms with Crippen LogP contribution < -0.4 is 10.1 Å². The largest absolute Gasteiger partial charge is 0.404 e. The van der Waals surface area contributed by atoms with Gasteiger partial charge in [-0.25, -0.2) is 0 Å². The standard InChI is InChI=1S/C8H5NO/c1-2-4-8-7(3-1)9-5-6-10-8/h1-4,9H. The normalized spacial score (nSPS) is 11.6. The molecule has 0 fully saturated rings. The van der Waals surface area contributed by atoms with Crippen LogP contribution in [0.15, 0.2) is 24.3 Å². The molecule has 0 spiro atoms. The number of hydrogen-bond donors (Lipinski definition) is 1. The summed E-state index contributed by atoms with van der Waals surface area (Å²) in [6.45, 7) is 0. The summed E-state index contributed by atoms with van der Waals surface area (Å²) in [7, 11) is 0. The molecule has 0 radical (unpaired) electrons. The number of fused-ring (bicyclic) bond motifs is 1. The zero-order valence-corrected chi connectivity index (χ0v) is 5.22. The van der Waals surface area contributed by atoms with Gasteiger partial charge in [-0.05, 0) is 12.1 Å². The minimum absolute atomic E-state index is 0.793. The molecule has 0 unspecified atom stereocenters. The van der Waals surface area contributed by atoms with E-state index in [1.807, 2.05) is 24.3 Å². The smallest absolute Gasteiger partial charge is 0.164 e. The fraction of sp³-hybridized carbons (Fsp3) is 0. The molecule has 2 rings (SSSR count). The second-order valence-corrected chi connectivity index (χ2v) is 1.95. The molecule has 0 atom stereocenters. The number of para-hydroxylation sites is 2. The van der Waals surface area contributed by atoms with Crippen molar-refractivity contribution in [3.8, 4) is 17.9 Å². The number of hydrogen-bond acceptors (Lipinski definition) is 2. The summed E-state index contributed by atoms with van der Waals surface area (Å²) < 4.78 is 5.00. The summed E-state index contributed by atoms with van der Waals surface area (Å²) in [5, 5.41) is 2.88. The van der Waals surface area contributed by atoms with Crippen molar-refractivity contribution in [1.29, 1.82) is 0 Å². The number of anilines is 1. The fourth-order valence-electron chi connectivity index (χ4n) is 0.832. The van der Waals surface area contributed by atoms with E-state index in [0.29, 0.717) is 0 Å². The van der Waals surface area contributed by atoms with Gasteiger partial charge in [0.2, 0.25) is 0 Å². The zero-order valence-electron chi connectivity index (χ0n) is 5.22. The van der Waals surface area contributed by atoms with Crippen molar-refractivity contribution in [3.63, 3.8) is 0 Å². The molecule has 0 amide bonds. The van der Waals surface area contributed by atoms with Gasteiger partial charge in [-0.3, -0.25) is 0 Å². The highest BCUT2D eigenvalue weighted by Crippen LogP contribution is 2.24. The Bertz CT molecular complexity index is 280. The molecule has 1 aromatic rings. The van der Waals surface area contributed by atoms with Crippen molar-refractivity contribution >= 4 is 5.69 Å². The highest BCUT2D eigenvalue weighted by molar-refractivity contribution is 5.61. The van der Waals surface area contributed by atoms with Gasteiger partial charge in [0.1, 0.15) is 6.11 Å². The number of rotatable bonds is 0. The first-order chi connectivity index (χ1) is 4.97. The average Bonchev–Trinajstić information content (AvgIpc) is 2.05. The van der Waals surface area contributed by atoms with Crippen molar-refractivity contribution in [3.05, 3.63) is 24.3 Å². The van der Waals surface area contributed by atoms with E-state index in [1.54, 1.807) is 0 Å². The van der Waals surface area contributed by atoms with Gasteiger partial charge in [0, 0.05) is 0 Å². The lowest BCUT2D eigenvalue weighted by Gasteiger charge is -2.07. The first-order valence-corrected chi connectivity index (χ1v) is 2.99. The lowest BCUT2D eigenvalue weighted by atomic mass is 10.3. The van der Waals surface area contributed by atoms with Crippen molar-refractivity contribution < 1.29 is 4.74 Å². The predicted octanol–water partition coefficient (Wildman–Crippen LogP) is 1.41. The van der Waals surface area contributed by atoms with E-state index in [-0.39, 0.29) is 0 Å². The second kappa shape index (κ2) is 1.96. The minimum Gasteiger partial charge on any atom is -0.404 e. The highest BCUT2D eigenvalue weighted by Gasteiger charge is 2.01. The monoisotopic (exact) mass is 131 g/mol. The molecule has 2 heteroatoms. The van der Waals surface area contributed by atoms with E-state index in [2.05, 4.69) is 17.5 Å². The molecular formula is C8H5NO. The first kappa shape index (κ1) is 5.19. The molecule has 0 saturated carbocycles. The molecule has 0 saturated heterocycles. The van der Waals surface area contributed by atoms with Crippen molar-refractivity contribution in [2.24, 2.45) is 0 Å². The van der Waals surface area contributed by atoms with E-state index in [9.17, 15) is 0 Å². The van der Waals surface area contributed by atoms with Gasteiger partial charge in [-0.2, -0.15) is 0 Å². The summed E-state index contributed by atoms with van der Waals surface area (Å²) in [5.41, 5.74) is 0.932. The summed E-state index contributed by atoms with van der Waals surface area (Å²) in [5.74, 6) is 0.793. The Kier molecular flexibility index (Phi) is 1.02. The molecule has 2 nitrogen and oxygen atoms in total. The Balaban J connectivity index is 2.52. The van der Waals surface area contributed by atoms with Crippen molar-refractivity contribution in [1.82, 2.24) is 0 Å². The Labute approximate surface area is 58.8 Å². The van der Waals surface area contributed by atoms with Crippen LogP contribution in [0.25, 0.3) is 0 Å². The quantitative estimate of drug-likeness (QED) is 0.537. The van der Waals surface area contributed by atoms with E-state index >= 15 is 0 Å². The molecule has 1 aliphatic rings. The molecule has 0 bridgehead atoms. The zero-order chi connectivity index (χ0) is 6.81. The first-order valence-electron chi connectivity index (χ1n) is 2.99. The maximum absolute atomic E-state index is 5.00. The van der Waals surface area contributed by atoms with Gasteiger partial charge >= 0.3 is 0 Å². The Morgan fingerprint density at radius 2 is 2.20 bits per heavy atom. The second-order valence-electron chi connectivity index (χ2n) is 1.95. The molecular weight excluding hydrogens is 126 g/mol. The van der Waals surface area contributed by atoms with Gasteiger partial charge in [0.05, 0.1) is 11.7 Å². The van der Waals surface area contributed by atoms with E-state index in [0.717, 1.165) is 11.4 Å². The van der Waals surface area contributed by atoms with E-state index < -0.39 is 0 Å². The molecule has 1 N–H and O–H groups in total. The van der Waals surface area contributed by atoms with Gasteiger partial charge in [-0.15, -0.1) is 0 Å². The molecule has 0 aromatic heterocycles. The molecule has 1 heterocycles. The number of nitrogens with one attached hydrogen (secondary N) is 1. The van der Waals surface area contributed by atoms with Crippen LogP contribution in [0.3, 0.4) is 0 Å². The van der Waals surface area contributed by atoms with Crippen molar-refractivity contribution in [2.45, 2.75) is 0 Å². The molecule has 10 heavy (non-hydrogen) atoms. The molecule has 1 aromatic carbocycles. The van der Waals surface area contributed by atoms with Gasteiger partial charge in [0.15, 0.2) is 5.75 Å². The van der Waals surface area contributed by atoms with Gasteiger partial charge < -0.3 is 10.1 Å². The van der Waals surface area contributed by atoms with E-state index in [4.69, 9.17) is 4.74 Å². The summed E-state index contributed by atoms with van der Waals surface area (Å²) >= 11 is 0. The predicted molar refractivity (Wildman–Crippen MR) is 38.5 cm³/mol. The van der Waals surface area contributed by atoms with Gasteiger partial charge in [-0.1, -0.05) is 12.1 Å². The Morgan fingerprint density at radius 3 is 3.10 bits per heavy atom. The Hall–Kier alpha value is -1.62. The van der Waals surface area contributed by atoms with Crippen LogP contribution in [0.1, 0.15) is 0 Å². The van der Waals surface area contributed by atoms with Crippen LogP contribution in [0, 0.1) is 12.2 Å². The van der Waals surface area contributed by atoms with Crippen LogP contribution in [-0.4, -0.2) is 0 Å². The summed E-state index contributed by atoms with van der Waals surface area (Å²) in [6.07, 6.45) is 2.48. The SMILES string of the molecule is C1#COc2ccccc2N1. The minimum atomic E-state index is 0.793. The lowest BCUT2D eigenvalue weighted by Crippen LogP contribution is -1.98. The van der Waals surface area contributed by atoms with Gasteiger partial charge in [0.25, 0.3) is 0 Å². The average molecular weight is 131 g/mol. The molecule has 0 aliphatic carbocycles. The Morgan fingerprint density at radius 1 is 1.30 bits per heavy atom. The van der Waals surface area contributed by atoms with Crippen LogP contribution in [0.2, 0.25) is 0 Å². The van der Waals surface area contributed by atoms with Crippen LogP contribution in [0.4, 0.5) is 5.69 Å². The highest BCUT2D eigenvalue weighted by atomic mass is 16.5. The molecule has 48 valence electrons. The fourth-order valence-corrected chi connectivity index (χ4v) is 0.832. The van der Waals surface area contributed by atoms with Crippen LogP contribution in [0.5, 0.6) is 5.75 Å². The maximum Gasteiger partial charge on any atom is 0.164 e. The molecule has 1 aliphatic heterocycles. The third-order valence-corrected chi connectivity index (χ3v) is 1.30. The van der Waals surface area contributed by atoms with E-state index in [1.165, 1.54) is 0 Å². The maximum atomic E-state index is 5.00. The van der Waals surface area contributed by atoms with Crippen LogP contribution in [-0.2, 0) is 0 Å². The third-order valence-electron chi connectivity index (χ3n) is 1.30. The summed E-state index contributed by atoms with van der Waals surface area (Å²) in [4.78, 5) is 0. The number of benzene rings is 1. The lowest BCUT2D eigenvalue weighted by molar-refractivity contribution is 0.518. The number of ether oxygens (including phenoxy) is 1.